The minimum atomic E-state index is -1.98. The van der Waals surface area contributed by atoms with Crippen molar-refractivity contribution in [3.8, 4) is 0 Å². The standard InChI is InChI=1S/C33H60O6Si/c1-32(2,3)40(5,6)39-33(4,25-16-10-9-11-17-25)22-21-27-26(18-12-7-8-13-19-30(35)36)28(34)24-29(27)38-31-20-14-15-23-37-31/h7,12,25-29,31,34H,8-11,13-24H2,1-6H3,(H,35,36)/b12-7-/t26-,27-,28+,29?,31?,33?/m1/s1. The van der Waals surface area contributed by atoms with Crippen LogP contribution in [0.5, 0.6) is 0 Å². The summed E-state index contributed by atoms with van der Waals surface area (Å²) in [6, 6.07) is 0. The second-order valence-electron chi connectivity index (χ2n) is 14.6. The van der Waals surface area contributed by atoms with Crippen LogP contribution in [0.4, 0.5) is 0 Å². The first-order valence-electron chi connectivity index (χ1n) is 16.3. The molecule has 1 aliphatic heterocycles. The fourth-order valence-corrected chi connectivity index (χ4v) is 8.77. The average Bonchev–Trinajstić information content (AvgIpc) is 3.18. The van der Waals surface area contributed by atoms with Gasteiger partial charge in [-0.25, -0.2) is 0 Å². The lowest BCUT2D eigenvalue weighted by Gasteiger charge is -2.49. The summed E-state index contributed by atoms with van der Waals surface area (Å²) in [4.78, 5) is 10.8. The third-order valence-electron chi connectivity index (χ3n) is 10.5. The van der Waals surface area contributed by atoms with Crippen LogP contribution in [0.3, 0.4) is 0 Å². The van der Waals surface area contributed by atoms with Gasteiger partial charge in [-0.05, 0) is 107 Å². The molecule has 1 heterocycles. The Bertz CT molecular complexity index is 795. The molecule has 232 valence electrons. The number of carbonyl (C=O) groups is 1. The van der Waals surface area contributed by atoms with Crippen molar-refractivity contribution in [2.24, 2.45) is 17.8 Å². The Kier molecular flexibility index (Phi) is 12.8. The van der Waals surface area contributed by atoms with Crippen LogP contribution in [0.1, 0.15) is 124 Å². The second-order valence-corrected chi connectivity index (χ2v) is 19.4. The van der Waals surface area contributed by atoms with Crippen LogP contribution in [-0.2, 0) is 18.7 Å². The molecule has 3 fully saturated rings. The minimum absolute atomic E-state index is 0.00742. The third kappa shape index (κ3) is 9.65. The van der Waals surface area contributed by atoms with Crippen LogP contribution >= 0.6 is 0 Å². The molecule has 2 saturated carbocycles. The molecular weight excluding hydrogens is 520 g/mol. The number of carboxylic acids is 1. The van der Waals surface area contributed by atoms with Crippen molar-refractivity contribution in [2.45, 2.75) is 166 Å². The van der Waals surface area contributed by atoms with Crippen molar-refractivity contribution in [3.63, 3.8) is 0 Å². The molecule has 3 unspecified atom stereocenters. The van der Waals surface area contributed by atoms with Crippen molar-refractivity contribution in [3.05, 3.63) is 12.2 Å². The Morgan fingerprint density at radius 1 is 1.00 bits per heavy atom. The van der Waals surface area contributed by atoms with E-state index in [1.807, 2.05) is 0 Å². The van der Waals surface area contributed by atoms with Crippen molar-refractivity contribution < 1.29 is 28.9 Å². The molecule has 0 aromatic heterocycles. The van der Waals surface area contributed by atoms with Crippen molar-refractivity contribution >= 4 is 14.3 Å². The molecule has 3 aliphatic rings. The summed E-state index contributed by atoms with van der Waals surface area (Å²) >= 11 is 0. The van der Waals surface area contributed by atoms with E-state index >= 15 is 0 Å². The van der Waals surface area contributed by atoms with E-state index in [1.54, 1.807) is 0 Å². The maximum atomic E-state index is 11.2. The highest BCUT2D eigenvalue weighted by Gasteiger charge is 2.48. The molecule has 0 radical (unpaired) electrons. The third-order valence-corrected chi connectivity index (χ3v) is 15.1. The first-order valence-corrected chi connectivity index (χ1v) is 19.3. The van der Waals surface area contributed by atoms with Gasteiger partial charge in [-0.1, -0.05) is 52.2 Å². The molecule has 2 N–H and O–H groups in total. The smallest absolute Gasteiger partial charge is 0.303 e. The van der Waals surface area contributed by atoms with Gasteiger partial charge in [-0.15, -0.1) is 0 Å². The van der Waals surface area contributed by atoms with E-state index in [-0.39, 0.29) is 41.3 Å². The molecule has 40 heavy (non-hydrogen) atoms. The van der Waals surface area contributed by atoms with Gasteiger partial charge >= 0.3 is 5.97 Å². The Balaban J connectivity index is 1.76. The second kappa shape index (κ2) is 15.1. The van der Waals surface area contributed by atoms with Crippen LogP contribution < -0.4 is 0 Å². The SMILES string of the molecule is CC(CC[C@H]1C(OC2CCCCO2)C[C@H](O)[C@@H]1C/C=C\CCCC(=O)O)(O[Si](C)(C)C(C)(C)C)C1CCCCC1. The fourth-order valence-electron chi connectivity index (χ4n) is 7.03. The summed E-state index contributed by atoms with van der Waals surface area (Å²) in [6.45, 7) is 14.9. The van der Waals surface area contributed by atoms with Gasteiger partial charge in [0.1, 0.15) is 0 Å². The summed E-state index contributed by atoms with van der Waals surface area (Å²) in [5.41, 5.74) is -0.167. The number of aliphatic hydroxyl groups is 1. The molecule has 1 saturated heterocycles. The van der Waals surface area contributed by atoms with E-state index in [2.05, 4.69) is 52.9 Å². The highest BCUT2D eigenvalue weighted by atomic mass is 28.4. The number of hydrogen-bond acceptors (Lipinski definition) is 5. The highest BCUT2D eigenvalue weighted by molar-refractivity contribution is 6.74. The zero-order chi connectivity index (χ0) is 29.4. The van der Waals surface area contributed by atoms with Gasteiger partial charge in [-0.2, -0.15) is 0 Å². The van der Waals surface area contributed by atoms with E-state index in [1.165, 1.54) is 32.1 Å². The van der Waals surface area contributed by atoms with E-state index in [0.717, 1.165) is 51.6 Å². The van der Waals surface area contributed by atoms with Gasteiger partial charge in [0.25, 0.3) is 0 Å². The topological polar surface area (TPSA) is 85.2 Å². The molecule has 0 bridgehead atoms. The molecule has 3 rings (SSSR count). The van der Waals surface area contributed by atoms with Crippen molar-refractivity contribution in [1.82, 2.24) is 0 Å². The summed E-state index contributed by atoms with van der Waals surface area (Å²) in [6.07, 6.45) is 18.3. The monoisotopic (exact) mass is 580 g/mol. The highest BCUT2D eigenvalue weighted by Crippen LogP contribution is 2.48. The molecule has 6 nitrogen and oxygen atoms in total. The quantitative estimate of drug-likeness (QED) is 0.122. The van der Waals surface area contributed by atoms with Crippen LogP contribution in [0.2, 0.25) is 18.1 Å². The van der Waals surface area contributed by atoms with E-state index in [0.29, 0.717) is 18.8 Å². The number of aliphatic hydroxyl groups excluding tert-OH is 1. The molecule has 7 heteroatoms. The summed E-state index contributed by atoms with van der Waals surface area (Å²) < 4.78 is 19.9. The van der Waals surface area contributed by atoms with Gasteiger partial charge in [0.15, 0.2) is 14.6 Å². The van der Waals surface area contributed by atoms with Gasteiger partial charge in [0, 0.05) is 19.4 Å². The van der Waals surface area contributed by atoms with E-state index < -0.39 is 20.4 Å². The Morgan fingerprint density at radius 2 is 1.70 bits per heavy atom. The number of ether oxygens (including phenoxy) is 2. The molecule has 0 aromatic carbocycles. The molecule has 0 spiro atoms. The van der Waals surface area contributed by atoms with Crippen LogP contribution in [0.25, 0.3) is 0 Å². The zero-order valence-electron chi connectivity index (χ0n) is 26.5. The predicted octanol–water partition coefficient (Wildman–Crippen LogP) is 8.24. The summed E-state index contributed by atoms with van der Waals surface area (Å²) in [7, 11) is -1.98. The van der Waals surface area contributed by atoms with Crippen molar-refractivity contribution in [2.75, 3.05) is 6.61 Å². The van der Waals surface area contributed by atoms with Gasteiger partial charge in [0.05, 0.1) is 17.8 Å². The van der Waals surface area contributed by atoms with Crippen LogP contribution in [0.15, 0.2) is 12.2 Å². The maximum absolute atomic E-state index is 11.2. The lowest BCUT2D eigenvalue weighted by atomic mass is 9.74. The largest absolute Gasteiger partial charge is 0.481 e. The molecule has 0 amide bonds. The number of aliphatic carboxylic acids is 1. The van der Waals surface area contributed by atoms with Crippen molar-refractivity contribution in [1.29, 1.82) is 0 Å². The lowest BCUT2D eigenvalue weighted by Crippen LogP contribution is -2.52. The normalized spacial score (nSPS) is 30.5. The fraction of sp³-hybridized carbons (Fsp3) is 0.909. The minimum Gasteiger partial charge on any atom is -0.481 e. The van der Waals surface area contributed by atoms with Crippen LogP contribution in [0, 0.1) is 17.8 Å². The number of hydrogen-bond donors (Lipinski definition) is 2. The molecular formula is C33H60O6Si. The molecule has 6 atom stereocenters. The maximum Gasteiger partial charge on any atom is 0.303 e. The van der Waals surface area contributed by atoms with Gasteiger partial charge < -0.3 is 24.1 Å². The Labute approximate surface area is 245 Å². The Hall–Kier alpha value is -0.733. The van der Waals surface area contributed by atoms with Gasteiger partial charge in [0.2, 0.25) is 0 Å². The number of rotatable bonds is 14. The zero-order valence-corrected chi connectivity index (χ0v) is 27.5. The predicted molar refractivity (Wildman–Crippen MR) is 164 cm³/mol. The number of carboxylic acid groups (broad SMARTS) is 1. The summed E-state index contributed by atoms with van der Waals surface area (Å²) in [5.74, 6) is 0.212. The van der Waals surface area contributed by atoms with E-state index in [4.69, 9.17) is 19.0 Å². The first-order chi connectivity index (χ1) is 18.8. The van der Waals surface area contributed by atoms with Gasteiger partial charge in [-0.3, -0.25) is 4.79 Å². The van der Waals surface area contributed by atoms with E-state index in [9.17, 15) is 9.90 Å². The first kappa shape index (κ1) is 33.8. The summed E-state index contributed by atoms with van der Waals surface area (Å²) in [5, 5.41) is 20.3. The number of unbranched alkanes of at least 4 members (excludes halogenated alkanes) is 1. The number of allylic oxidation sites excluding steroid dienone is 2. The average molecular weight is 581 g/mol. The Morgan fingerprint density at radius 3 is 2.33 bits per heavy atom. The lowest BCUT2D eigenvalue weighted by molar-refractivity contribution is -0.197. The van der Waals surface area contributed by atoms with Crippen LogP contribution in [-0.4, -0.2) is 55.2 Å². The molecule has 0 aromatic rings. The molecule has 2 aliphatic carbocycles.